The van der Waals surface area contributed by atoms with Gasteiger partial charge in [-0.1, -0.05) is 17.7 Å². The molecule has 24 heavy (non-hydrogen) atoms. The Balaban J connectivity index is 1.75. The number of hydrogen-bond donors (Lipinski definition) is 1. The van der Waals surface area contributed by atoms with Gasteiger partial charge >= 0.3 is 0 Å². The molecule has 1 aliphatic heterocycles. The zero-order valence-corrected chi connectivity index (χ0v) is 14.3. The fraction of sp³-hybridized carbons (Fsp3) is 0.353. The number of amides is 1. The maximum atomic E-state index is 13.2. The highest BCUT2D eigenvalue weighted by Crippen LogP contribution is 2.38. The van der Waals surface area contributed by atoms with Crippen LogP contribution in [0.1, 0.15) is 40.5 Å². The van der Waals surface area contributed by atoms with E-state index in [1.165, 1.54) is 0 Å². The Bertz CT molecular complexity index is 928. The van der Waals surface area contributed by atoms with Crippen molar-refractivity contribution in [2.75, 3.05) is 6.54 Å². The van der Waals surface area contributed by atoms with Crippen molar-refractivity contribution in [1.82, 2.24) is 24.9 Å². The first-order valence-electron chi connectivity index (χ1n) is 8.00. The molecular formula is C17H18ClN5O. The average molecular weight is 344 g/mol. The minimum Gasteiger partial charge on any atom is -0.331 e. The fourth-order valence-corrected chi connectivity index (χ4v) is 3.94. The summed E-state index contributed by atoms with van der Waals surface area (Å²) in [6.45, 7) is 2.67. The van der Waals surface area contributed by atoms with Gasteiger partial charge < -0.3 is 4.90 Å². The Morgan fingerprint density at radius 3 is 3.00 bits per heavy atom. The number of nitrogens with one attached hydrogen (secondary N) is 1. The van der Waals surface area contributed by atoms with Crippen molar-refractivity contribution >= 4 is 28.4 Å². The predicted molar refractivity (Wildman–Crippen MR) is 92.1 cm³/mol. The number of rotatable bonds is 2. The van der Waals surface area contributed by atoms with E-state index in [9.17, 15) is 4.79 Å². The molecule has 6 nitrogen and oxygen atoms in total. The number of aryl methyl sites for hydroxylation is 2. The Kier molecular flexibility index (Phi) is 3.57. The molecule has 0 unspecified atom stereocenters. The lowest BCUT2D eigenvalue weighted by Crippen LogP contribution is -2.31. The third-order valence-electron chi connectivity index (χ3n) is 4.76. The number of likely N-dealkylation sites (tertiary alicyclic amines) is 1. The maximum Gasteiger partial charge on any atom is 0.255 e. The summed E-state index contributed by atoms with van der Waals surface area (Å²) < 4.78 is 1.67. The summed E-state index contributed by atoms with van der Waals surface area (Å²) in [5.74, 6) is 0.0174. The maximum absolute atomic E-state index is 13.2. The van der Waals surface area contributed by atoms with Gasteiger partial charge in [0.05, 0.1) is 29.0 Å². The van der Waals surface area contributed by atoms with Gasteiger partial charge in [0, 0.05) is 24.5 Å². The molecule has 2 aromatic heterocycles. The fourth-order valence-electron chi connectivity index (χ4n) is 3.64. The molecule has 3 heterocycles. The molecule has 1 aromatic carbocycles. The molecular weight excluding hydrogens is 326 g/mol. The summed E-state index contributed by atoms with van der Waals surface area (Å²) in [5, 5.41) is 12.8. The summed E-state index contributed by atoms with van der Waals surface area (Å²) in [7, 11) is 1.83. The number of H-pyrrole nitrogens is 1. The number of halogens is 1. The largest absolute Gasteiger partial charge is 0.331 e. The minimum atomic E-state index is -0.0270. The molecule has 1 aliphatic rings. The summed E-state index contributed by atoms with van der Waals surface area (Å²) in [5.41, 5.74) is 3.39. The lowest BCUT2D eigenvalue weighted by Gasteiger charge is -2.25. The van der Waals surface area contributed by atoms with E-state index in [0.717, 1.165) is 41.5 Å². The van der Waals surface area contributed by atoms with Gasteiger partial charge in [-0.2, -0.15) is 10.2 Å². The Hall–Kier alpha value is -2.34. The van der Waals surface area contributed by atoms with Gasteiger partial charge in [-0.3, -0.25) is 14.6 Å². The SMILES string of the molecule is Cc1nn(C)c(Cl)c1[C@@H]1CCCN1C(=O)c1cccc2[nH]ncc12. The first kappa shape index (κ1) is 15.2. The second kappa shape index (κ2) is 5.63. The molecule has 0 saturated carbocycles. The van der Waals surface area contributed by atoms with E-state index in [2.05, 4.69) is 15.3 Å². The van der Waals surface area contributed by atoms with Crippen molar-refractivity contribution in [1.29, 1.82) is 0 Å². The molecule has 1 fully saturated rings. The van der Waals surface area contributed by atoms with Crippen LogP contribution in [0.2, 0.25) is 5.15 Å². The Morgan fingerprint density at radius 1 is 1.42 bits per heavy atom. The van der Waals surface area contributed by atoms with Crippen LogP contribution in [0.5, 0.6) is 0 Å². The molecule has 124 valence electrons. The van der Waals surface area contributed by atoms with Gasteiger partial charge in [-0.25, -0.2) is 0 Å². The third kappa shape index (κ3) is 2.21. The normalized spacial score (nSPS) is 17.8. The third-order valence-corrected chi connectivity index (χ3v) is 5.21. The second-order valence-corrected chi connectivity index (χ2v) is 6.56. The van der Waals surface area contributed by atoms with Crippen LogP contribution in [0, 0.1) is 6.92 Å². The number of hydrogen-bond acceptors (Lipinski definition) is 3. The van der Waals surface area contributed by atoms with Crippen LogP contribution in [0.4, 0.5) is 0 Å². The Morgan fingerprint density at radius 2 is 2.25 bits per heavy atom. The van der Waals surface area contributed by atoms with E-state index < -0.39 is 0 Å². The molecule has 0 bridgehead atoms. The number of carbonyl (C=O) groups excluding carboxylic acids is 1. The highest BCUT2D eigenvalue weighted by molar-refractivity contribution is 6.30. The quantitative estimate of drug-likeness (QED) is 0.776. The molecule has 1 N–H and O–H groups in total. The van der Waals surface area contributed by atoms with Crippen LogP contribution in [-0.4, -0.2) is 37.3 Å². The molecule has 4 rings (SSSR count). The van der Waals surface area contributed by atoms with Gasteiger partial charge in [-0.05, 0) is 31.9 Å². The van der Waals surface area contributed by atoms with Crippen LogP contribution in [0.3, 0.4) is 0 Å². The molecule has 7 heteroatoms. The molecule has 0 spiro atoms. The standard InChI is InChI=1S/C17H18ClN5O/c1-10-15(16(18)22(2)21-10)14-7-4-8-23(14)17(24)11-5-3-6-13-12(11)9-19-20-13/h3,5-6,9,14H,4,7-8H2,1-2H3,(H,19,20)/t14-/m0/s1. The average Bonchev–Trinajstić information content (AvgIpc) is 3.26. The van der Waals surface area contributed by atoms with Crippen LogP contribution >= 0.6 is 11.6 Å². The number of benzene rings is 1. The number of fused-ring (bicyclic) bond motifs is 1. The lowest BCUT2D eigenvalue weighted by molar-refractivity contribution is 0.0737. The van der Waals surface area contributed by atoms with Crippen LogP contribution < -0.4 is 0 Å². The second-order valence-electron chi connectivity index (χ2n) is 6.21. The van der Waals surface area contributed by atoms with E-state index in [-0.39, 0.29) is 11.9 Å². The number of aromatic nitrogens is 4. The molecule has 1 amide bonds. The van der Waals surface area contributed by atoms with E-state index in [1.807, 2.05) is 37.1 Å². The van der Waals surface area contributed by atoms with Crippen LogP contribution in [0.25, 0.3) is 10.9 Å². The first-order valence-corrected chi connectivity index (χ1v) is 8.37. The molecule has 0 radical (unpaired) electrons. The smallest absolute Gasteiger partial charge is 0.255 e. The molecule has 1 saturated heterocycles. The van der Waals surface area contributed by atoms with Crippen LogP contribution in [0.15, 0.2) is 24.4 Å². The van der Waals surface area contributed by atoms with Gasteiger partial charge in [-0.15, -0.1) is 0 Å². The molecule has 0 aliphatic carbocycles. The van der Waals surface area contributed by atoms with Gasteiger partial charge in [0.25, 0.3) is 5.91 Å². The van der Waals surface area contributed by atoms with E-state index in [0.29, 0.717) is 10.7 Å². The minimum absolute atomic E-state index is 0.0174. The van der Waals surface area contributed by atoms with E-state index >= 15 is 0 Å². The highest BCUT2D eigenvalue weighted by atomic mass is 35.5. The zero-order chi connectivity index (χ0) is 16.8. The van der Waals surface area contributed by atoms with Crippen molar-refractivity contribution < 1.29 is 4.79 Å². The predicted octanol–water partition coefficient (Wildman–Crippen LogP) is 3.24. The van der Waals surface area contributed by atoms with Crippen molar-refractivity contribution in [3.8, 4) is 0 Å². The van der Waals surface area contributed by atoms with Crippen molar-refractivity contribution in [3.63, 3.8) is 0 Å². The van der Waals surface area contributed by atoms with Crippen molar-refractivity contribution in [3.05, 3.63) is 46.4 Å². The van der Waals surface area contributed by atoms with E-state index in [4.69, 9.17) is 11.6 Å². The van der Waals surface area contributed by atoms with Gasteiger partial charge in [0.2, 0.25) is 0 Å². The first-order chi connectivity index (χ1) is 11.6. The number of carbonyl (C=O) groups is 1. The van der Waals surface area contributed by atoms with Gasteiger partial charge in [0.15, 0.2) is 0 Å². The summed E-state index contributed by atoms with van der Waals surface area (Å²) >= 11 is 6.44. The van der Waals surface area contributed by atoms with Crippen molar-refractivity contribution in [2.45, 2.75) is 25.8 Å². The molecule has 1 atom stereocenters. The summed E-state index contributed by atoms with van der Waals surface area (Å²) in [6, 6.07) is 5.62. The number of nitrogens with zero attached hydrogens (tertiary/aromatic N) is 4. The lowest BCUT2D eigenvalue weighted by atomic mass is 10.0. The number of aromatic amines is 1. The zero-order valence-electron chi connectivity index (χ0n) is 13.6. The highest BCUT2D eigenvalue weighted by Gasteiger charge is 2.35. The van der Waals surface area contributed by atoms with Crippen molar-refractivity contribution in [2.24, 2.45) is 7.05 Å². The van der Waals surface area contributed by atoms with Crippen LogP contribution in [-0.2, 0) is 7.05 Å². The Labute approximate surface area is 144 Å². The summed E-state index contributed by atoms with van der Waals surface area (Å²) in [4.78, 5) is 15.1. The van der Waals surface area contributed by atoms with Gasteiger partial charge in [0.1, 0.15) is 5.15 Å². The summed E-state index contributed by atoms with van der Waals surface area (Å²) in [6.07, 6.45) is 3.57. The monoisotopic (exact) mass is 343 g/mol. The topological polar surface area (TPSA) is 66.8 Å². The van der Waals surface area contributed by atoms with E-state index in [1.54, 1.807) is 10.9 Å². The molecule has 3 aromatic rings.